The van der Waals surface area contributed by atoms with Crippen molar-refractivity contribution in [3.63, 3.8) is 0 Å². The number of amides is 1. The van der Waals surface area contributed by atoms with Crippen molar-refractivity contribution in [3.05, 3.63) is 0 Å². The van der Waals surface area contributed by atoms with Crippen LogP contribution in [0, 0.1) is 11.8 Å². The van der Waals surface area contributed by atoms with E-state index in [0.717, 1.165) is 19.4 Å². The van der Waals surface area contributed by atoms with Gasteiger partial charge in [0.25, 0.3) is 5.91 Å². The monoisotopic (exact) mass is 438 g/mol. The molecule has 166 valence electrons. The van der Waals surface area contributed by atoms with E-state index in [-0.39, 0.29) is 36.5 Å². The summed E-state index contributed by atoms with van der Waals surface area (Å²) in [6, 6.07) is -0.115. The first-order valence-corrected chi connectivity index (χ1v) is 11.0. The molecule has 3 heterocycles. The summed E-state index contributed by atoms with van der Waals surface area (Å²) < 4.78 is 40.8. The Labute approximate surface area is 174 Å². The molecule has 29 heavy (non-hydrogen) atoms. The van der Waals surface area contributed by atoms with Crippen molar-refractivity contribution < 1.29 is 18.0 Å². The fourth-order valence-corrected chi connectivity index (χ4v) is 5.94. The maximum absolute atomic E-state index is 13.6. The molecule has 3 saturated heterocycles. The highest BCUT2D eigenvalue weighted by molar-refractivity contribution is 6.31. The molecule has 11 heteroatoms. The van der Waals surface area contributed by atoms with Crippen molar-refractivity contribution in [3.8, 4) is 0 Å². The molecule has 4 aliphatic rings. The van der Waals surface area contributed by atoms with Gasteiger partial charge in [0.2, 0.25) is 0 Å². The number of fused-ring (bicyclic) bond motifs is 1. The Hall–Kier alpha value is -0.650. The molecule has 1 amide bonds. The Kier molecular flexibility index (Phi) is 6.30. The Morgan fingerprint density at radius 1 is 1.17 bits per heavy atom. The zero-order valence-corrected chi connectivity index (χ0v) is 17.3. The number of nitrogens with one attached hydrogen (secondary N) is 4. The first kappa shape index (κ1) is 21.6. The summed E-state index contributed by atoms with van der Waals surface area (Å²) in [6.45, 7) is 3.93. The quantitative estimate of drug-likeness (QED) is 0.495. The summed E-state index contributed by atoms with van der Waals surface area (Å²) in [4.78, 5) is 14.0. The van der Waals surface area contributed by atoms with Gasteiger partial charge in [0.1, 0.15) is 5.38 Å². The molecule has 4 N–H and O–H groups in total. The molecule has 1 saturated carbocycles. The maximum atomic E-state index is 13.6. The van der Waals surface area contributed by atoms with E-state index in [1.54, 1.807) is 0 Å². The normalized spacial score (nSPS) is 41.1. The average molecular weight is 439 g/mol. The van der Waals surface area contributed by atoms with E-state index in [1.807, 2.05) is 11.9 Å². The first-order chi connectivity index (χ1) is 13.8. The van der Waals surface area contributed by atoms with E-state index in [4.69, 9.17) is 11.6 Å². The van der Waals surface area contributed by atoms with Crippen LogP contribution >= 0.6 is 11.6 Å². The van der Waals surface area contributed by atoms with Crippen molar-refractivity contribution >= 4 is 17.5 Å². The third-order valence-electron chi connectivity index (χ3n) is 7.22. The largest absolute Gasteiger partial charge is 0.392 e. The second-order valence-electron chi connectivity index (χ2n) is 8.80. The minimum Gasteiger partial charge on any atom is -0.295 e. The van der Waals surface area contributed by atoms with Crippen LogP contribution in [-0.2, 0) is 4.79 Å². The molecule has 0 bridgehead atoms. The van der Waals surface area contributed by atoms with Crippen molar-refractivity contribution in [1.82, 2.24) is 31.7 Å². The van der Waals surface area contributed by atoms with Gasteiger partial charge in [0.15, 0.2) is 0 Å². The fourth-order valence-electron chi connectivity index (χ4n) is 5.64. The molecule has 7 nitrogen and oxygen atoms in total. The summed E-state index contributed by atoms with van der Waals surface area (Å²) in [5, 5.41) is 1.40. The van der Waals surface area contributed by atoms with E-state index >= 15 is 0 Å². The number of likely N-dealkylation sites (tertiary alicyclic amines) is 1. The van der Waals surface area contributed by atoms with Gasteiger partial charge in [0.05, 0.1) is 12.0 Å². The Bertz CT molecular complexity index is 611. The number of hydrazine groups is 3. The molecule has 6 unspecified atom stereocenters. The lowest BCUT2D eigenvalue weighted by molar-refractivity contribution is -0.204. The van der Waals surface area contributed by atoms with Crippen molar-refractivity contribution in [2.45, 2.75) is 74.7 Å². The van der Waals surface area contributed by atoms with Crippen molar-refractivity contribution in [1.29, 1.82) is 0 Å². The van der Waals surface area contributed by atoms with E-state index < -0.39 is 23.4 Å². The highest BCUT2D eigenvalue weighted by Gasteiger charge is 2.51. The van der Waals surface area contributed by atoms with Gasteiger partial charge in [-0.25, -0.2) is 15.9 Å². The molecule has 0 aromatic rings. The third kappa shape index (κ3) is 4.24. The van der Waals surface area contributed by atoms with E-state index in [2.05, 4.69) is 26.7 Å². The Balaban J connectivity index is 1.41. The number of halogens is 4. The minimum atomic E-state index is -4.14. The second-order valence-corrected chi connectivity index (χ2v) is 9.27. The van der Waals surface area contributed by atoms with E-state index in [0.29, 0.717) is 25.9 Å². The van der Waals surface area contributed by atoms with E-state index in [1.165, 1.54) is 0 Å². The summed E-state index contributed by atoms with van der Waals surface area (Å²) >= 11 is 6.30. The Morgan fingerprint density at radius 3 is 2.69 bits per heavy atom. The van der Waals surface area contributed by atoms with Gasteiger partial charge in [-0.3, -0.25) is 15.1 Å². The predicted octanol–water partition coefficient (Wildman–Crippen LogP) is 1.12. The average Bonchev–Trinajstić information content (AvgIpc) is 3.12. The zero-order chi connectivity index (χ0) is 20.8. The van der Waals surface area contributed by atoms with E-state index in [9.17, 15) is 18.0 Å². The minimum absolute atomic E-state index is 0.0768. The summed E-state index contributed by atoms with van der Waals surface area (Å²) in [5.74, 6) is -1.85. The highest BCUT2D eigenvalue weighted by Crippen LogP contribution is 2.44. The molecule has 1 aliphatic carbocycles. The number of carbonyl (C=O) groups is 1. The van der Waals surface area contributed by atoms with Crippen LogP contribution in [0.15, 0.2) is 0 Å². The van der Waals surface area contributed by atoms with Crippen molar-refractivity contribution in [2.24, 2.45) is 11.8 Å². The summed E-state index contributed by atoms with van der Waals surface area (Å²) in [6.07, 6.45) is -0.972. The molecule has 0 aromatic carbocycles. The van der Waals surface area contributed by atoms with Crippen LogP contribution in [0.1, 0.15) is 39.0 Å². The molecule has 4 fully saturated rings. The number of carbonyl (C=O) groups excluding carboxylic acids is 1. The third-order valence-corrected chi connectivity index (χ3v) is 7.71. The fraction of sp³-hybridized carbons (Fsp3) is 0.944. The molecule has 7 atom stereocenters. The SMILES string of the molecule is C[C@H](C1CCCCC1C(F)(F)F)N1NNC2CN(C3CNNC(=O)C3Cl)CCC21. The van der Waals surface area contributed by atoms with Gasteiger partial charge < -0.3 is 0 Å². The van der Waals surface area contributed by atoms with Gasteiger partial charge in [0, 0.05) is 37.8 Å². The number of nitrogens with zero attached hydrogens (tertiary/aromatic N) is 2. The molecule has 4 rings (SSSR count). The second kappa shape index (κ2) is 8.47. The van der Waals surface area contributed by atoms with Gasteiger partial charge in [-0.05, 0) is 32.1 Å². The lowest BCUT2D eigenvalue weighted by atomic mass is 9.74. The van der Waals surface area contributed by atoms with Gasteiger partial charge >= 0.3 is 6.18 Å². The van der Waals surface area contributed by atoms with Crippen LogP contribution in [0.5, 0.6) is 0 Å². The number of piperidine rings is 1. The predicted molar refractivity (Wildman–Crippen MR) is 102 cm³/mol. The van der Waals surface area contributed by atoms with Gasteiger partial charge in [-0.15, -0.1) is 11.6 Å². The molecule has 3 aliphatic heterocycles. The summed E-state index contributed by atoms with van der Waals surface area (Å²) in [5.41, 5.74) is 11.9. The lowest BCUT2D eigenvalue weighted by Crippen LogP contribution is -2.65. The molecule has 0 spiro atoms. The lowest BCUT2D eigenvalue weighted by Gasteiger charge is -2.45. The van der Waals surface area contributed by atoms with Gasteiger partial charge in [-0.2, -0.15) is 18.7 Å². The van der Waals surface area contributed by atoms with Crippen LogP contribution in [0.3, 0.4) is 0 Å². The zero-order valence-electron chi connectivity index (χ0n) is 16.5. The number of alkyl halides is 4. The number of rotatable bonds is 3. The maximum Gasteiger partial charge on any atom is 0.392 e. The van der Waals surface area contributed by atoms with Gasteiger partial charge in [-0.1, -0.05) is 12.8 Å². The topological polar surface area (TPSA) is 71.7 Å². The molecular formula is C18H30ClF3N6O. The molecular weight excluding hydrogens is 409 g/mol. The smallest absolute Gasteiger partial charge is 0.295 e. The molecule has 0 aromatic heterocycles. The van der Waals surface area contributed by atoms with Crippen LogP contribution in [0.2, 0.25) is 0 Å². The number of hydrogen-bond donors (Lipinski definition) is 4. The van der Waals surface area contributed by atoms with Crippen LogP contribution in [-0.4, -0.2) is 71.2 Å². The Morgan fingerprint density at radius 2 is 1.93 bits per heavy atom. The van der Waals surface area contributed by atoms with Crippen LogP contribution in [0.25, 0.3) is 0 Å². The van der Waals surface area contributed by atoms with Crippen LogP contribution < -0.4 is 21.8 Å². The molecule has 0 radical (unpaired) electrons. The number of hydrogen-bond acceptors (Lipinski definition) is 6. The summed E-state index contributed by atoms with van der Waals surface area (Å²) in [7, 11) is 0. The van der Waals surface area contributed by atoms with Crippen LogP contribution in [0.4, 0.5) is 13.2 Å². The first-order valence-electron chi connectivity index (χ1n) is 10.5. The highest BCUT2D eigenvalue weighted by atomic mass is 35.5. The van der Waals surface area contributed by atoms with Crippen molar-refractivity contribution in [2.75, 3.05) is 19.6 Å². The standard InChI is InChI=1S/C18H30ClF3N6O/c1-10(11-4-2-3-5-12(11)18(20,21)22)28-14-6-7-27(9-13(14)24-26-28)15-8-23-25-17(29)16(15)19/h10-16,23-24,26H,2-9H2,1H3,(H,25,29)/t10-,11?,12?,13?,14?,15?,16?/m1/s1.